The summed E-state index contributed by atoms with van der Waals surface area (Å²) in [6.07, 6.45) is 7.23. The molecule has 1 aromatic heterocycles. The first kappa shape index (κ1) is 17.9. The summed E-state index contributed by atoms with van der Waals surface area (Å²) in [4.78, 5) is 12.7. The Hall–Kier alpha value is -0.440. The van der Waals surface area contributed by atoms with E-state index in [2.05, 4.69) is 36.3 Å². The maximum absolute atomic E-state index is 6.30. The molecular formula is C17H17Cl2IN4S. The van der Waals surface area contributed by atoms with Crippen molar-refractivity contribution in [3.05, 3.63) is 34.4 Å². The van der Waals surface area contributed by atoms with Gasteiger partial charge in [-0.05, 0) is 36.8 Å². The van der Waals surface area contributed by atoms with Crippen molar-refractivity contribution in [2.75, 3.05) is 21.5 Å². The van der Waals surface area contributed by atoms with E-state index in [1.165, 1.54) is 37.4 Å². The van der Waals surface area contributed by atoms with Crippen LogP contribution in [-0.2, 0) is 0 Å². The van der Waals surface area contributed by atoms with Crippen molar-refractivity contribution in [2.45, 2.75) is 35.6 Å². The first-order valence-corrected chi connectivity index (χ1v) is 10.9. The molecule has 2 aromatic rings. The predicted molar refractivity (Wildman–Crippen MR) is 113 cm³/mol. The molecular weight excluding hydrogens is 490 g/mol. The second-order valence-electron chi connectivity index (χ2n) is 6.66. The Labute approximate surface area is 175 Å². The van der Waals surface area contributed by atoms with Crippen molar-refractivity contribution in [3.63, 3.8) is 0 Å². The number of hydrogen-bond donors (Lipinski definition) is 1. The van der Waals surface area contributed by atoms with Crippen LogP contribution in [0.25, 0.3) is 0 Å². The van der Waals surface area contributed by atoms with Crippen molar-refractivity contribution >= 4 is 69.5 Å². The van der Waals surface area contributed by atoms with Crippen molar-refractivity contribution in [1.82, 2.24) is 9.97 Å². The van der Waals surface area contributed by atoms with Crippen LogP contribution in [0.4, 0.5) is 11.6 Å². The Balaban J connectivity index is 1.57. The van der Waals surface area contributed by atoms with E-state index in [1.54, 1.807) is 6.07 Å². The molecule has 0 atom stereocenters. The molecule has 1 aliphatic carbocycles. The topological polar surface area (TPSA) is 41.1 Å². The van der Waals surface area contributed by atoms with Crippen molar-refractivity contribution in [1.29, 1.82) is 0 Å². The fraction of sp³-hybridized carbons (Fsp3) is 0.412. The highest BCUT2D eigenvalue weighted by Crippen LogP contribution is 2.49. The van der Waals surface area contributed by atoms with Gasteiger partial charge in [-0.25, -0.2) is 9.97 Å². The number of nitrogens with zero attached hydrogens (tertiary/aromatic N) is 3. The molecule has 1 saturated carbocycles. The number of aromatic nitrogens is 2. The van der Waals surface area contributed by atoms with E-state index in [1.807, 2.05) is 18.3 Å². The lowest BCUT2D eigenvalue weighted by molar-refractivity contribution is 0.165. The van der Waals surface area contributed by atoms with E-state index >= 15 is 0 Å². The van der Waals surface area contributed by atoms with Crippen LogP contribution in [0.3, 0.4) is 0 Å². The summed E-state index contributed by atoms with van der Waals surface area (Å²) in [6, 6.07) is 5.61. The second-order valence-corrected chi connectivity index (χ2v) is 9.01. The van der Waals surface area contributed by atoms with Crippen LogP contribution in [0.1, 0.15) is 25.7 Å². The molecule has 1 aliphatic heterocycles. The molecule has 2 aliphatic rings. The van der Waals surface area contributed by atoms with Gasteiger partial charge in [0.25, 0.3) is 0 Å². The lowest BCUT2D eigenvalue weighted by Gasteiger charge is -2.38. The Morgan fingerprint density at radius 1 is 1.24 bits per heavy atom. The molecule has 0 unspecified atom stereocenters. The third-order valence-corrected chi connectivity index (χ3v) is 7.61. The quantitative estimate of drug-likeness (QED) is 0.402. The lowest BCUT2D eigenvalue weighted by Crippen LogP contribution is -2.33. The maximum Gasteiger partial charge on any atom is 0.170 e. The molecule has 1 saturated heterocycles. The zero-order valence-electron chi connectivity index (χ0n) is 13.4. The summed E-state index contributed by atoms with van der Waals surface area (Å²) in [5.41, 5.74) is 0.543. The number of nitrogens with one attached hydrogen (secondary N) is 1. The van der Waals surface area contributed by atoms with Crippen LogP contribution in [-0.4, -0.2) is 23.1 Å². The Morgan fingerprint density at radius 2 is 2.08 bits per heavy atom. The highest BCUT2D eigenvalue weighted by Gasteiger charge is 2.43. The Morgan fingerprint density at radius 3 is 2.76 bits per heavy atom. The van der Waals surface area contributed by atoms with Gasteiger partial charge in [0, 0.05) is 18.0 Å². The fourth-order valence-electron chi connectivity index (χ4n) is 3.54. The second kappa shape index (κ2) is 7.29. The van der Waals surface area contributed by atoms with E-state index in [4.69, 9.17) is 28.2 Å². The zero-order valence-corrected chi connectivity index (χ0v) is 17.9. The fourth-order valence-corrected chi connectivity index (χ4v) is 5.42. The summed E-state index contributed by atoms with van der Waals surface area (Å²) < 4.78 is 3.14. The molecule has 8 heteroatoms. The molecule has 0 radical (unpaired) electrons. The average molecular weight is 507 g/mol. The van der Waals surface area contributed by atoms with Crippen LogP contribution in [0.2, 0.25) is 10.0 Å². The minimum absolute atomic E-state index is 0.543. The van der Waals surface area contributed by atoms with Gasteiger partial charge >= 0.3 is 0 Å². The molecule has 4 nitrogen and oxygen atoms in total. The summed E-state index contributed by atoms with van der Waals surface area (Å²) >= 11 is 16.0. The maximum atomic E-state index is 6.30. The molecule has 1 N–H and O–H groups in total. The molecule has 1 spiro atoms. The number of benzene rings is 1. The number of halogens is 3. The predicted octanol–water partition coefficient (Wildman–Crippen LogP) is 6.08. The molecule has 25 heavy (non-hydrogen) atoms. The van der Waals surface area contributed by atoms with Crippen molar-refractivity contribution < 1.29 is 0 Å². The SMILES string of the molecule is Clc1cccc(Sc2ncc(N3CCC4(CCC4)C3)nc2NI)c1Cl. The molecule has 1 aromatic carbocycles. The smallest absolute Gasteiger partial charge is 0.170 e. The first-order chi connectivity index (χ1) is 12.1. The molecule has 0 amide bonds. The molecule has 132 valence electrons. The number of anilines is 2. The zero-order chi connectivity index (χ0) is 17.4. The lowest BCUT2D eigenvalue weighted by atomic mass is 9.68. The molecule has 0 bridgehead atoms. The van der Waals surface area contributed by atoms with Crippen molar-refractivity contribution in [2.24, 2.45) is 5.41 Å². The van der Waals surface area contributed by atoms with Gasteiger partial charge in [0.15, 0.2) is 5.82 Å². The van der Waals surface area contributed by atoms with Gasteiger partial charge < -0.3 is 8.43 Å². The third-order valence-electron chi connectivity index (χ3n) is 5.12. The number of hydrogen-bond acceptors (Lipinski definition) is 5. The highest BCUT2D eigenvalue weighted by atomic mass is 127. The van der Waals surface area contributed by atoms with Crippen molar-refractivity contribution in [3.8, 4) is 0 Å². The highest BCUT2D eigenvalue weighted by molar-refractivity contribution is 14.1. The van der Waals surface area contributed by atoms with E-state index in [0.29, 0.717) is 15.5 Å². The normalized spacial score (nSPS) is 18.4. The van der Waals surface area contributed by atoms with E-state index in [9.17, 15) is 0 Å². The number of rotatable bonds is 4. The summed E-state index contributed by atoms with van der Waals surface area (Å²) in [5, 5.41) is 1.88. The van der Waals surface area contributed by atoms with Gasteiger partial charge in [0.1, 0.15) is 10.8 Å². The van der Waals surface area contributed by atoms with Crippen LogP contribution in [0.5, 0.6) is 0 Å². The minimum Gasteiger partial charge on any atom is -0.355 e. The van der Waals surface area contributed by atoms with Gasteiger partial charge in [-0.1, -0.05) is 47.5 Å². The van der Waals surface area contributed by atoms with Crippen LogP contribution in [0, 0.1) is 5.41 Å². The molecule has 2 fully saturated rings. The monoisotopic (exact) mass is 506 g/mol. The van der Waals surface area contributed by atoms with Crippen LogP contribution < -0.4 is 8.43 Å². The summed E-state index contributed by atoms with van der Waals surface area (Å²) in [5.74, 6) is 1.71. The van der Waals surface area contributed by atoms with E-state index in [-0.39, 0.29) is 0 Å². The van der Waals surface area contributed by atoms with Gasteiger partial charge in [-0.2, -0.15) is 0 Å². The largest absolute Gasteiger partial charge is 0.355 e. The van der Waals surface area contributed by atoms with Crippen LogP contribution in [0.15, 0.2) is 34.3 Å². The van der Waals surface area contributed by atoms with Crippen LogP contribution >= 0.6 is 57.8 Å². The van der Waals surface area contributed by atoms with Gasteiger partial charge in [-0.3, -0.25) is 0 Å². The van der Waals surface area contributed by atoms with E-state index < -0.39 is 0 Å². The van der Waals surface area contributed by atoms with Gasteiger partial charge in [0.2, 0.25) is 0 Å². The van der Waals surface area contributed by atoms with Gasteiger partial charge in [0.05, 0.1) is 39.1 Å². The summed E-state index contributed by atoms with van der Waals surface area (Å²) in [6.45, 7) is 2.18. The molecule has 4 rings (SSSR count). The standard InChI is InChI=1S/C17H17Cl2IN4S/c18-11-3-1-4-12(14(11)19)25-16-15(23-20)22-13(9-21-16)24-8-7-17(10-24)5-2-6-17/h1,3-4,9H,2,5-8,10H2,(H,22,23). The van der Waals surface area contributed by atoms with Gasteiger partial charge in [-0.15, -0.1) is 0 Å². The third kappa shape index (κ3) is 3.55. The minimum atomic E-state index is 0.543. The Kier molecular flexibility index (Phi) is 5.23. The summed E-state index contributed by atoms with van der Waals surface area (Å²) in [7, 11) is 0. The Bertz CT molecular complexity index is 800. The first-order valence-electron chi connectivity index (χ1n) is 8.21. The average Bonchev–Trinajstić information content (AvgIpc) is 3.05. The molecule has 2 heterocycles. The van der Waals surface area contributed by atoms with E-state index in [0.717, 1.165) is 34.6 Å².